The molecule has 0 aliphatic carbocycles. The van der Waals surface area contributed by atoms with E-state index in [4.69, 9.17) is 16.9 Å². The van der Waals surface area contributed by atoms with Gasteiger partial charge in [0.2, 0.25) is 0 Å². The molecule has 1 aromatic carbocycles. The number of esters is 1. The van der Waals surface area contributed by atoms with E-state index in [1.165, 1.54) is 26.2 Å². The van der Waals surface area contributed by atoms with E-state index in [1.807, 2.05) is 6.07 Å². The van der Waals surface area contributed by atoms with E-state index in [0.29, 0.717) is 5.56 Å². The minimum atomic E-state index is -1.27. The molecule has 0 saturated heterocycles. The molecule has 0 spiro atoms. The summed E-state index contributed by atoms with van der Waals surface area (Å²) < 4.78 is 17.5. The van der Waals surface area contributed by atoms with E-state index in [1.54, 1.807) is 0 Å². The van der Waals surface area contributed by atoms with Crippen LogP contribution in [0.2, 0.25) is 0 Å². The minimum Gasteiger partial charge on any atom is -0.468 e. The molecule has 17 heavy (non-hydrogen) atoms. The second kappa shape index (κ2) is 5.15. The van der Waals surface area contributed by atoms with Gasteiger partial charge in [-0.1, -0.05) is 6.07 Å². The number of hydrogen-bond acceptors (Lipinski definition) is 3. The van der Waals surface area contributed by atoms with Crippen LogP contribution in [0.4, 0.5) is 4.39 Å². The van der Waals surface area contributed by atoms with Crippen molar-refractivity contribution in [1.82, 2.24) is 0 Å². The zero-order valence-corrected chi connectivity index (χ0v) is 10.2. The Morgan fingerprint density at radius 1 is 1.65 bits per heavy atom. The van der Waals surface area contributed by atoms with Gasteiger partial charge in [-0.3, -0.25) is 4.79 Å². The normalized spacial score (nSPS) is 13.6. The van der Waals surface area contributed by atoms with Gasteiger partial charge in [-0.15, -0.1) is 11.6 Å². The van der Waals surface area contributed by atoms with E-state index in [2.05, 4.69) is 4.74 Å². The van der Waals surface area contributed by atoms with Crippen LogP contribution in [-0.2, 0) is 16.0 Å². The van der Waals surface area contributed by atoms with Crippen LogP contribution >= 0.6 is 11.6 Å². The molecule has 90 valence electrons. The summed E-state index contributed by atoms with van der Waals surface area (Å²) in [5.41, 5.74) is 0.678. The highest BCUT2D eigenvalue weighted by Crippen LogP contribution is 2.24. The lowest BCUT2D eigenvalue weighted by Gasteiger charge is -2.19. The fourth-order valence-electron chi connectivity index (χ4n) is 1.45. The highest BCUT2D eigenvalue weighted by Gasteiger charge is 2.32. The Morgan fingerprint density at radius 3 is 2.82 bits per heavy atom. The summed E-state index contributed by atoms with van der Waals surface area (Å²) in [5, 5.41) is 8.86. The number of nitriles is 1. The maximum Gasteiger partial charge on any atom is 0.326 e. The van der Waals surface area contributed by atoms with Gasteiger partial charge in [-0.25, -0.2) is 4.39 Å². The number of alkyl halides is 1. The molecule has 0 fully saturated rings. The second-order valence-electron chi connectivity index (χ2n) is 3.78. The second-order valence-corrected chi connectivity index (χ2v) is 4.61. The average molecular weight is 256 g/mol. The summed E-state index contributed by atoms with van der Waals surface area (Å²) in [6, 6.07) is 5.64. The summed E-state index contributed by atoms with van der Waals surface area (Å²) >= 11 is 6.01. The zero-order valence-electron chi connectivity index (χ0n) is 9.46. The largest absolute Gasteiger partial charge is 0.468 e. The molecule has 0 saturated carbocycles. The lowest BCUT2D eigenvalue weighted by Crippen LogP contribution is -2.32. The van der Waals surface area contributed by atoms with Crippen LogP contribution in [0.3, 0.4) is 0 Å². The van der Waals surface area contributed by atoms with Gasteiger partial charge in [0.1, 0.15) is 10.7 Å². The Balaban J connectivity index is 3.04. The number of methoxy groups -OCH3 is 1. The molecule has 0 amide bonds. The summed E-state index contributed by atoms with van der Waals surface area (Å²) in [6.07, 6.45) is 0.102. The van der Waals surface area contributed by atoms with Crippen LogP contribution in [0.25, 0.3) is 0 Å². The van der Waals surface area contributed by atoms with E-state index in [0.717, 1.165) is 6.07 Å². The molecule has 0 aromatic heterocycles. The quantitative estimate of drug-likeness (QED) is 0.616. The van der Waals surface area contributed by atoms with Gasteiger partial charge >= 0.3 is 5.97 Å². The van der Waals surface area contributed by atoms with Crippen LogP contribution in [-0.4, -0.2) is 18.0 Å². The molecule has 3 nitrogen and oxygen atoms in total. The van der Waals surface area contributed by atoms with Crippen molar-refractivity contribution in [3.63, 3.8) is 0 Å². The molecule has 1 atom stereocenters. The third kappa shape index (κ3) is 3.18. The van der Waals surface area contributed by atoms with Gasteiger partial charge < -0.3 is 4.74 Å². The molecular weight excluding hydrogens is 245 g/mol. The molecule has 0 aliphatic rings. The highest BCUT2D eigenvalue weighted by atomic mass is 35.5. The fraction of sp³-hybridized carbons (Fsp3) is 0.333. The van der Waals surface area contributed by atoms with Crippen molar-refractivity contribution in [2.75, 3.05) is 7.11 Å². The summed E-state index contributed by atoms with van der Waals surface area (Å²) in [4.78, 5) is 10.1. The number of benzene rings is 1. The molecule has 1 unspecified atom stereocenters. The first-order valence-electron chi connectivity index (χ1n) is 4.86. The molecule has 0 heterocycles. The predicted molar refractivity (Wildman–Crippen MR) is 61.1 cm³/mol. The third-order valence-electron chi connectivity index (χ3n) is 2.33. The van der Waals surface area contributed by atoms with Crippen molar-refractivity contribution in [2.24, 2.45) is 0 Å². The van der Waals surface area contributed by atoms with Gasteiger partial charge in [0, 0.05) is 6.42 Å². The number of nitrogens with zero attached hydrogens (tertiary/aromatic N) is 1. The lowest BCUT2D eigenvalue weighted by molar-refractivity contribution is -0.143. The number of halogens is 2. The first kappa shape index (κ1) is 13.5. The van der Waals surface area contributed by atoms with Crippen LogP contribution in [0.15, 0.2) is 18.2 Å². The SMILES string of the molecule is COC(=O)C(C)(Cl)Cc1ccc(F)cc1C#N. The summed E-state index contributed by atoms with van der Waals surface area (Å²) in [6.45, 7) is 1.49. The summed E-state index contributed by atoms with van der Waals surface area (Å²) in [5.74, 6) is -1.09. The molecule has 1 aromatic rings. The first-order chi connectivity index (χ1) is 7.90. The number of rotatable bonds is 3. The van der Waals surface area contributed by atoms with Crippen molar-refractivity contribution in [3.05, 3.63) is 35.1 Å². The minimum absolute atomic E-state index is 0.102. The first-order valence-corrected chi connectivity index (χ1v) is 5.24. The van der Waals surface area contributed by atoms with Gasteiger partial charge in [0.25, 0.3) is 0 Å². The maximum absolute atomic E-state index is 12.9. The Kier molecular flexibility index (Phi) is 4.08. The van der Waals surface area contributed by atoms with Crippen LogP contribution < -0.4 is 0 Å². The Hall–Kier alpha value is -1.60. The Bertz CT molecular complexity index is 480. The van der Waals surface area contributed by atoms with E-state index < -0.39 is 16.7 Å². The molecule has 0 aliphatic heterocycles. The van der Waals surface area contributed by atoms with Crippen molar-refractivity contribution < 1.29 is 13.9 Å². The Labute approximate surface area is 104 Å². The fourth-order valence-corrected chi connectivity index (χ4v) is 1.67. The van der Waals surface area contributed by atoms with E-state index >= 15 is 0 Å². The molecule has 0 bridgehead atoms. The van der Waals surface area contributed by atoms with Crippen LogP contribution in [0.5, 0.6) is 0 Å². The van der Waals surface area contributed by atoms with Gasteiger partial charge in [0.15, 0.2) is 0 Å². The maximum atomic E-state index is 12.9. The lowest BCUT2D eigenvalue weighted by atomic mass is 9.96. The molecule has 5 heteroatoms. The molecule has 0 radical (unpaired) electrons. The predicted octanol–water partition coefficient (Wildman–Crippen LogP) is 2.41. The zero-order chi connectivity index (χ0) is 13.1. The van der Waals surface area contributed by atoms with Crippen molar-refractivity contribution in [1.29, 1.82) is 5.26 Å². The molecule has 1 rings (SSSR count). The van der Waals surface area contributed by atoms with Crippen molar-refractivity contribution >= 4 is 17.6 Å². The summed E-state index contributed by atoms with van der Waals surface area (Å²) in [7, 11) is 1.23. The van der Waals surface area contributed by atoms with Gasteiger partial charge in [-0.05, 0) is 24.6 Å². The van der Waals surface area contributed by atoms with Crippen molar-refractivity contribution in [2.45, 2.75) is 18.2 Å². The topological polar surface area (TPSA) is 50.1 Å². The monoisotopic (exact) mass is 255 g/mol. The number of ether oxygens (including phenoxy) is 1. The van der Waals surface area contributed by atoms with Gasteiger partial charge in [0.05, 0.1) is 18.7 Å². The third-order valence-corrected chi connectivity index (χ3v) is 2.61. The van der Waals surface area contributed by atoms with Gasteiger partial charge in [-0.2, -0.15) is 5.26 Å². The smallest absolute Gasteiger partial charge is 0.326 e. The van der Waals surface area contributed by atoms with Crippen LogP contribution in [0, 0.1) is 17.1 Å². The number of hydrogen-bond donors (Lipinski definition) is 0. The van der Waals surface area contributed by atoms with E-state index in [-0.39, 0.29) is 12.0 Å². The number of carbonyl (C=O) groups excluding carboxylic acids is 1. The standard InChI is InChI=1S/C12H11ClFNO2/c1-12(13,11(16)17-2)6-8-3-4-10(14)5-9(8)7-15/h3-5H,6H2,1-2H3. The van der Waals surface area contributed by atoms with Crippen LogP contribution in [0.1, 0.15) is 18.1 Å². The highest BCUT2D eigenvalue weighted by molar-refractivity contribution is 6.33. The molecule has 0 N–H and O–H groups in total. The molecular formula is C12H11ClFNO2. The average Bonchev–Trinajstić information content (AvgIpc) is 2.30. The Morgan fingerprint density at radius 2 is 2.29 bits per heavy atom. The van der Waals surface area contributed by atoms with Crippen molar-refractivity contribution in [3.8, 4) is 6.07 Å². The number of carbonyl (C=O) groups is 1. The van der Waals surface area contributed by atoms with E-state index in [9.17, 15) is 9.18 Å².